The average Bonchev–Trinajstić information content (AvgIpc) is 1.99. The molecule has 2 heteroatoms. The van der Waals surface area contributed by atoms with Crippen LogP contribution in [0.15, 0.2) is 28.9 Å². The zero-order valence-corrected chi connectivity index (χ0v) is 7.64. The van der Waals surface area contributed by atoms with E-state index < -0.39 is 0 Å². The number of rotatable bonds is 2. The van der Waals surface area contributed by atoms with Crippen LogP contribution in [-0.2, 0) is 4.74 Å². The molecule has 0 atom stereocenters. The summed E-state index contributed by atoms with van der Waals surface area (Å²) in [6.07, 6.45) is 1.92. The van der Waals surface area contributed by atoms with Crippen molar-refractivity contribution in [3.8, 4) is 0 Å². The summed E-state index contributed by atoms with van der Waals surface area (Å²) in [7, 11) is 1.59. The summed E-state index contributed by atoms with van der Waals surface area (Å²) in [4.78, 5) is 4.17. The Kier molecular flexibility index (Phi) is 4.27. The molecule has 0 rings (SSSR count). The first-order chi connectivity index (χ1) is 5.11. The molecule has 11 heavy (non-hydrogen) atoms. The molecule has 0 N–H and O–H groups in total. The maximum Gasteiger partial charge on any atom is 0.215 e. The number of aliphatic imine (C=N–C) groups is 1. The van der Waals surface area contributed by atoms with Crippen LogP contribution in [0.2, 0.25) is 0 Å². The van der Waals surface area contributed by atoms with Crippen molar-refractivity contribution in [2.24, 2.45) is 4.99 Å². The molecule has 2 nitrogen and oxygen atoms in total. The normalized spacial score (nSPS) is 13.1. The number of ether oxygens (including phenoxy) is 1. The maximum absolute atomic E-state index is 4.99. The Bertz CT molecular complexity index is 202. The Hall–Kier alpha value is -1.05. The van der Waals surface area contributed by atoms with Gasteiger partial charge in [-0.3, -0.25) is 0 Å². The number of hydrogen-bond acceptors (Lipinski definition) is 2. The van der Waals surface area contributed by atoms with Crippen LogP contribution < -0.4 is 0 Å². The van der Waals surface area contributed by atoms with Gasteiger partial charge < -0.3 is 4.74 Å². The van der Waals surface area contributed by atoms with E-state index in [1.165, 1.54) is 0 Å². The third-order valence-corrected chi connectivity index (χ3v) is 1.25. The first kappa shape index (κ1) is 9.95. The average molecular weight is 153 g/mol. The molecular formula is C9H15NO. The molecule has 0 saturated heterocycles. The molecule has 0 spiro atoms. The minimum absolute atomic E-state index is 0.598. The molecule has 0 bridgehead atoms. The molecule has 0 fully saturated rings. The van der Waals surface area contributed by atoms with Gasteiger partial charge in [-0.2, -0.15) is 0 Å². The Morgan fingerprint density at radius 3 is 2.27 bits per heavy atom. The minimum Gasteiger partial charge on any atom is -0.481 e. The quantitative estimate of drug-likeness (QED) is 0.441. The van der Waals surface area contributed by atoms with Crippen molar-refractivity contribution in [2.75, 3.05) is 7.11 Å². The number of nitrogens with zero attached hydrogens (tertiary/aromatic N) is 1. The lowest BCUT2D eigenvalue weighted by atomic mass is 10.3. The number of allylic oxidation sites excluding steroid dienone is 2. The van der Waals surface area contributed by atoms with Gasteiger partial charge >= 0.3 is 0 Å². The standard InChI is InChI=1S/C9H15NO/c1-6-8(4)10-9(11-5)7(2)3/h6H,2H2,1,3-5H3/b8-6-,10-9?. The molecule has 0 aromatic carbocycles. The lowest BCUT2D eigenvalue weighted by Gasteiger charge is -2.02. The monoisotopic (exact) mass is 153 g/mol. The van der Waals surface area contributed by atoms with Crippen LogP contribution in [0.3, 0.4) is 0 Å². The number of methoxy groups -OCH3 is 1. The summed E-state index contributed by atoms with van der Waals surface area (Å²) >= 11 is 0. The summed E-state index contributed by atoms with van der Waals surface area (Å²) in [5.41, 5.74) is 1.78. The second kappa shape index (κ2) is 4.72. The highest BCUT2D eigenvalue weighted by molar-refractivity contribution is 5.92. The highest BCUT2D eigenvalue weighted by Crippen LogP contribution is 2.00. The lowest BCUT2D eigenvalue weighted by molar-refractivity contribution is 0.403. The van der Waals surface area contributed by atoms with E-state index in [0.29, 0.717) is 5.90 Å². The molecule has 0 aliphatic heterocycles. The van der Waals surface area contributed by atoms with E-state index in [0.717, 1.165) is 11.3 Å². The summed E-state index contributed by atoms with van der Waals surface area (Å²) in [5.74, 6) is 0.598. The van der Waals surface area contributed by atoms with Gasteiger partial charge in [0.05, 0.1) is 7.11 Å². The Labute approximate surface area is 68.3 Å². The lowest BCUT2D eigenvalue weighted by Crippen LogP contribution is -2.01. The van der Waals surface area contributed by atoms with Gasteiger partial charge in [0.2, 0.25) is 5.90 Å². The van der Waals surface area contributed by atoms with Crippen LogP contribution in [0, 0.1) is 0 Å². The largest absolute Gasteiger partial charge is 0.481 e. The number of hydrogen-bond donors (Lipinski definition) is 0. The Balaban J connectivity index is 4.49. The van der Waals surface area contributed by atoms with Crippen LogP contribution in [0.5, 0.6) is 0 Å². The molecule has 0 amide bonds. The molecule has 0 radical (unpaired) electrons. The summed E-state index contributed by atoms with van der Waals surface area (Å²) in [6.45, 7) is 9.45. The van der Waals surface area contributed by atoms with E-state index in [1.54, 1.807) is 7.11 Å². The van der Waals surface area contributed by atoms with Gasteiger partial charge in [0.15, 0.2) is 0 Å². The van der Waals surface area contributed by atoms with Crippen LogP contribution in [0.4, 0.5) is 0 Å². The van der Waals surface area contributed by atoms with Gasteiger partial charge in [0.25, 0.3) is 0 Å². The van der Waals surface area contributed by atoms with Crippen molar-refractivity contribution in [1.29, 1.82) is 0 Å². The molecule has 0 aliphatic rings. The SMILES string of the molecule is C=C(C)C(=N/C(C)=C\C)OC. The smallest absolute Gasteiger partial charge is 0.215 e. The van der Waals surface area contributed by atoms with Crippen molar-refractivity contribution in [1.82, 2.24) is 0 Å². The van der Waals surface area contributed by atoms with Gasteiger partial charge in [-0.15, -0.1) is 0 Å². The van der Waals surface area contributed by atoms with Crippen molar-refractivity contribution >= 4 is 5.90 Å². The fraction of sp³-hybridized carbons (Fsp3) is 0.444. The Morgan fingerprint density at radius 2 is 2.00 bits per heavy atom. The zero-order chi connectivity index (χ0) is 8.85. The van der Waals surface area contributed by atoms with Crippen LogP contribution in [0.1, 0.15) is 20.8 Å². The second-order valence-electron chi connectivity index (χ2n) is 2.33. The predicted molar refractivity (Wildman–Crippen MR) is 48.7 cm³/mol. The van der Waals surface area contributed by atoms with Crippen molar-refractivity contribution in [3.63, 3.8) is 0 Å². The van der Waals surface area contributed by atoms with E-state index in [4.69, 9.17) is 4.74 Å². The molecular weight excluding hydrogens is 138 g/mol. The highest BCUT2D eigenvalue weighted by Gasteiger charge is 1.97. The summed E-state index contributed by atoms with van der Waals surface area (Å²) < 4.78 is 4.99. The molecule has 62 valence electrons. The van der Waals surface area contributed by atoms with E-state index in [-0.39, 0.29) is 0 Å². The third kappa shape index (κ3) is 3.61. The fourth-order valence-electron chi connectivity index (χ4n) is 0.540. The first-order valence-corrected chi connectivity index (χ1v) is 3.53. The van der Waals surface area contributed by atoms with Crippen LogP contribution in [-0.4, -0.2) is 13.0 Å². The molecule has 0 unspecified atom stereocenters. The molecule has 0 aromatic rings. The van der Waals surface area contributed by atoms with Crippen LogP contribution >= 0.6 is 0 Å². The minimum atomic E-state index is 0.598. The summed E-state index contributed by atoms with van der Waals surface area (Å²) in [6, 6.07) is 0. The van der Waals surface area contributed by atoms with Crippen molar-refractivity contribution in [3.05, 3.63) is 23.9 Å². The first-order valence-electron chi connectivity index (χ1n) is 3.53. The highest BCUT2D eigenvalue weighted by atomic mass is 16.5. The van der Waals surface area contributed by atoms with Crippen molar-refractivity contribution in [2.45, 2.75) is 20.8 Å². The maximum atomic E-state index is 4.99. The molecule has 0 aromatic heterocycles. The molecule has 0 heterocycles. The topological polar surface area (TPSA) is 21.6 Å². The van der Waals surface area contributed by atoms with E-state index in [2.05, 4.69) is 11.6 Å². The van der Waals surface area contributed by atoms with Gasteiger partial charge in [0.1, 0.15) is 0 Å². The van der Waals surface area contributed by atoms with Crippen molar-refractivity contribution < 1.29 is 4.74 Å². The van der Waals surface area contributed by atoms with Crippen LogP contribution in [0.25, 0.3) is 0 Å². The zero-order valence-electron chi connectivity index (χ0n) is 7.64. The molecule has 0 aliphatic carbocycles. The van der Waals surface area contributed by atoms with Gasteiger partial charge in [0, 0.05) is 11.3 Å². The van der Waals surface area contributed by atoms with E-state index in [1.807, 2.05) is 26.8 Å². The van der Waals surface area contributed by atoms with E-state index >= 15 is 0 Å². The second-order valence-corrected chi connectivity index (χ2v) is 2.33. The third-order valence-electron chi connectivity index (χ3n) is 1.25. The predicted octanol–water partition coefficient (Wildman–Crippen LogP) is 2.53. The molecule has 0 saturated carbocycles. The summed E-state index contributed by atoms with van der Waals surface area (Å²) in [5, 5.41) is 0. The van der Waals surface area contributed by atoms with E-state index in [9.17, 15) is 0 Å². The van der Waals surface area contributed by atoms with Gasteiger partial charge in [-0.25, -0.2) is 4.99 Å². The fourth-order valence-corrected chi connectivity index (χ4v) is 0.540. The Morgan fingerprint density at radius 1 is 1.45 bits per heavy atom. The van der Waals surface area contributed by atoms with Gasteiger partial charge in [-0.1, -0.05) is 12.7 Å². The van der Waals surface area contributed by atoms with Gasteiger partial charge in [-0.05, 0) is 20.8 Å².